The number of benzene rings is 1. The Hall–Kier alpha value is -1.38. The Kier molecular flexibility index (Phi) is 8.61. The minimum absolute atomic E-state index is 0.0931. The van der Waals surface area contributed by atoms with Crippen molar-refractivity contribution >= 4 is 8.32 Å². The summed E-state index contributed by atoms with van der Waals surface area (Å²) in [4.78, 5) is 0. The summed E-state index contributed by atoms with van der Waals surface area (Å²) in [7, 11) is -1.96. The molecule has 1 rings (SSSR count). The molecule has 0 aliphatic rings. The Labute approximate surface area is 154 Å². The quantitative estimate of drug-likeness (QED) is 0.320. The maximum atomic E-state index is 9.90. The second kappa shape index (κ2) is 9.93. The van der Waals surface area contributed by atoms with E-state index in [-0.39, 0.29) is 11.1 Å². The molecule has 4 heteroatoms. The fraction of sp³-hybridized carbons (Fsp3) is 0.524. The van der Waals surface area contributed by atoms with E-state index in [1.807, 2.05) is 30.3 Å². The van der Waals surface area contributed by atoms with Gasteiger partial charge >= 0.3 is 0 Å². The fourth-order valence-electron chi connectivity index (χ4n) is 1.93. The second-order valence-electron chi connectivity index (χ2n) is 7.71. The zero-order valence-corrected chi connectivity index (χ0v) is 17.2. The Morgan fingerprint density at radius 3 is 2.44 bits per heavy atom. The maximum absolute atomic E-state index is 9.90. The first-order valence-corrected chi connectivity index (χ1v) is 11.6. The van der Waals surface area contributed by atoms with E-state index < -0.39 is 14.4 Å². The molecule has 0 saturated carbocycles. The average molecular weight is 361 g/mol. The van der Waals surface area contributed by atoms with Gasteiger partial charge in [-0.05, 0) is 23.7 Å². The van der Waals surface area contributed by atoms with Gasteiger partial charge in [0.2, 0.25) is 0 Å². The lowest BCUT2D eigenvalue weighted by molar-refractivity contribution is 0.140. The molecule has 2 atom stereocenters. The third-order valence-electron chi connectivity index (χ3n) is 4.52. The van der Waals surface area contributed by atoms with E-state index in [9.17, 15) is 5.11 Å². The van der Waals surface area contributed by atoms with Crippen LogP contribution in [0, 0.1) is 11.8 Å². The van der Waals surface area contributed by atoms with Crippen LogP contribution in [0.3, 0.4) is 0 Å². The number of aliphatic hydroxyl groups is 1. The Morgan fingerprint density at radius 2 is 1.88 bits per heavy atom. The standard InChI is InChI=1S/C21H32O3Si/c1-7-19(22)16-20(24-25(5,6)21(2,3)4)14-11-15-23-17-18-12-9-8-10-13-18/h7-10,12-13,19-20,22H,1,15-17H2,2-6H3/t19-,20+/m1/s1. The summed E-state index contributed by atoms with van der Waals surface area (Å²) in [5.74, 6) is 6.17. The van der Waals surface area contributed by atoms with E-state index in [0.29, 0.717) is 19.6 Å². The molecule has 25 heavy (non-hydrogen) atoms. The van der Waals surface area contributed by atoms with Crippen LogP contribution in [0.15, 0.2) is 43.0 Å². The molecule has 0 amide bonds. The van der Waals surface area contributed by atoms with Crippen molar-refractivity contribution in [3.63, 3.8) is 0 Å². The topological polar surface area (TPSA) is 38.7 Å². The van der Waals surface area contributed by atoms with Gasteiger partial charge in [-0.25, -0.2) is 0 Å². The van der Waals surface area contributed by atoms with Gasteiger partial charge in [0.1, 0.15) is 12.7 Å². The predicted octanol–water partition coefficient (Wildman–Crippen LogP) is 4.53. The highest BCUT2D eigenvalue weighted by Gasteiger charge is 2.39. The molecule has 0 bridgehead atoms. The van der Waals surface area contributed by atoms with Crippen molar-refractivity contribution in [1.29, 1.82) is 0 Å². The zero-order chi connectivity index (χ0) is 18.9. The summed E-state index contributed by atoms with van der Waals surface area (Å²) >= 11 is 0. The first-order chi connectivity index (χ1) is 11.7. The number of ether oxygens (including phenoxy) is 1. The van der Waals surface area contributed by atoms with Crippen LogP contribution in [0.1, 0.15) is 32.8 Å². The maximum Gasteiger partial charge on any atom is 0.193 e. The molecule has 0 aliphatic heterocycles. The number of hydrogen-bond donors (Lipinski definition) is 1. The van der Waals surface area contributed by atoms with Crippen molar-refractivity contribution in [2.24, 2.45) is 0 Å². The van der Waals surface area contributed by atoms with Crippen molar-refractivity contribution in [2.45, 2.75) is 64.1 Å². The second-order valence-corrected chi connectivity index (χ2v) is 12.5. The normalized spacial score (nSPS) is 14.3. The van der Waals surface area contributed by atoms with E-state index >= 15 is 0 Å². The lowest BCUT2D eigenvalue weighted by Crippen LogP contribution is -2.44. The Balaban J connectivity index is 2.63. The van der Waals surface area contributed by atoms with Gasteiger partial charge in [0, 0.05) is 6.42 Å². The van der Waals surface area contributed by atoms with Crippen LogP contribution in [-0.4, -0.2) is 32.2 Å². The molecule has 0 aromatic heterocycles. The van der Waals surface area contributed by atoms with Crippen molar-refractivity contribution in [2.75, 3.05) is 6.61 Å². The lowest BCUT2D eigenvalue weighted by atomic mass is 10.1. The summed E-state index contributed by atoms with van der Waals surface area (Å²) in [6.45, 7) is 15.5. The van der Waals surface area contributed by atoms with Crippen LogP contribution in [-0.2, 0) is 15.8 Å². The van der Waals surface area contributed by atoms with E-state index in [1.165, 1.54) is 6.08 Å². The highest BCUT2D eigenvalue weighted by Crippen LogP contribution is 2.37. The highest BCUT2D eigenvalue weighted by molar-refractivity contribution is 6.74. The SMILES string of the molecule is C=C[C@@H](O)C[C@H](C#CCOCc1ccccc1)O[Si](C)(C)C(C)(C)C. The Bertz CT molecular complexity index is 579. The first-order valence-electron chi connectivity index (χ1n) is 8.74. The molecular formula is C21H32O3Si. The Morgan fingerprint density at radius 1 is 1.24 bits per heavy atom. The van der Waals surface area contributed by atoms with Gasteiger partial charge in [-0.3, -0.25) is 0 Å². The summed E-state index contributed by atoms with van der Waals surface area (Å²) in [5.41, 5.74) is 1.13. The van der Waals surface area contributed by atoms with Gasteiger partial charge in [0.25, 0.3) is 0 Å². The van der Waals surface area contributed by atoms with Crippen molar-refractivity contribution in [3.8, 4) is 11.8 Å². The third kappa shape index (κ3) is 8.02. The largest absolute Gasteiger partial charge is 0.403 e. The van der Waals surface area contributed by atoms with Crippen molar-refractivity contribution < 1.29 is 14.3 Å². The van der Waals surface area contributed by atoms with Crippen LogP contribution in [0.2, 0.25) is 18.1 Å². The molecule has 0 heterocycles. The first kappa shape index (κ1) is 21.7. The molecule has 138 valence electrons. The summed E-state index contributed by atoms with van der Waals surface area (Å²) in [5, 5.41) is 9.99. The molecule has 3 nitrogen and oxygen atoms in total. The minimum atomic E-state index is -1.96. The molecule has 0 aliphatic carbocycles. The highest BCUT2D eigenvalue weighted by atomic mass is 28.4. The molecule has 1 aromatic carbocycles. The monoisotopic (exact) mass is 360 g/mol. The van der Waals surface area contributed by atoms with Gasteiger partial charge in [-0.1, -0.05) is 69.0 Å². The fourth-order valence-corrected chi connectivity index (χ4v) is 3.15. The zero-order valence-electron chi connectivity index (χ0n) is 16.2. The van der Waals surface area contributed by atoms with Gasteiger partial charge in [-0.2, -0.15) is 0 Å². The number of rotatable bonds is 8. The van der Waals surface area contributed by atoms with Crippen LogP contribution in [0.5, 0.6) is 0 Å². The molecule has 0 spiro atoms. The lowest BCUT2D eigenvalue weighted by Gasteiger charge is -2.38. The van der Waals surface area contributed by atoms with Gasteiger partial charge in [0.15, 0.2) is 8.32 Å². The van der Waals surface area contributed by atoms with Crippen molar-refractivity contribution in [3.05, 3.63) is 48.6 Å². The van der Waals surface area contributed by atoms with Crippen molar-refractivity contribution in [1.82, 2.24) is 0 Å². The molecule has 0 unspecified atom stereocenters. The van der Waals surface area contributed by atoms with E-state index in [4.69, 9.17) is 9.16 Å². The van der Waals surface area contributed by atoms with Crippen LogP contribution < -0.4 is 0 Å². The van der Waals surface area contributed by atoms with E-state index in [2.05, 4.69) is 52.3 Å². The summed E-state index contributed by atoms with van der Waals surface area (Å²) in [6, 6.07) is 10.0. The summed E-state index contributed by atoms with van der Waals surface area (Å²) < 4.78 is 11.9. The molecular weight excluding hydrogens is 328 g/mol. The van der Waals surface area contributed by atoms with Crippen LogP contribution >= 0.6 is 0 Å². The molecule has 0 saturated heterocycles. The average Bonchev–Trinajstić information content (AvgIpc) is 2.53. The molecule has 0 fully saturated rings. The predicted molar refractivity (Wildman–Crippen MR) is 107 cm³/mol. The van der Waals surface area contributed by atoms with Gasteiger partial charge in [-0.15, -0.1) is 6.58 Å². The number of hydrogen-bond acceptors (Lipinski definition) is 3. The molecule has 1 N–H and O–H groups in total. The third-order valence-corrected chi connectivity index (χ3v) is 9.01. The van der Waals surface area contributed by atoms with Crippen LogP contribution in [0.25, 0.3) is 0 Å². The molecule has 0 radical (unpaired) electrons. The smallest absolute Gasteiger partial charge is 0.193 e. The van der Waals surface area contributed by atoms with E-state index in [1.54, 1.807) is 0 Å². The molecule has 1 aromatic rings. The van der Waals surface area contributed by atoms with Gasteiger partial charge < -0.3 is 14.3 Å². The van der Waals surface area contributed by atoms with Crippen LogP contribution in [0.4, 0.5) is 0 Å². The number of aliphatic hydroxyl groups excluding tert-OH is 1. The van der Waals surface area contributed by atoms with E-state index in [0.717, 1.165) is 5.56 Å². The summed E-state index contributed by atoms with van der Waals surface area (Å²) in [6.07, 6.45) is 1.03. The van der Waals surface area contributed by atoms with Gasteiger partial charge in [0.05, 0.1) is 12.7 Å². The minimum Gasteiger partial charge on any atom is -0.403 e.